The van der Waals surface area contributed by atoms with Crippen molar-refractivity contribution in [2.24, 2.45) is 5.92 Å². The molecule has 3 heteroatoms. The van der Waals surface area contributed by atoms with E-state index in [2.05, 4.69) is 48.0 Å². The highest BCUT2D eigenvalue weighted by molar-refractivity contribution is 5.27. The van der Waals surface area contributed by atoms with E-state index in [9.17, 15) is 0 Å². The molecule has 3 nitrogen and oxygen atoms in total. The van der Waals surface area contributed by atoms with Gasteiger partial charge in [0.15, 0.2) is 0 Å². The van der Waals surface area contributed by atoms with Crippen molar-refractivity contribution in [3.63, 3.8) is 0 Å². The highest BCUT2D eigenvalue weighted by atomic mass is 16.5. The minimum Gasteiger partial charge on any atom is -0.494 e. The second-order valence-corrected chi connectivity index (χ2v) is 7.87. The van der Waals surface area contributed by atoms with Crippen molar-refractivity contribution in [3.05, 3.63) is 29.8 Å². The number of hydrogen-bond donors (Lipinski definition) is 0. The lowest BCUT2D eigenvalue weighted by Gasteiger charge is -2.32. The minimum absolute atomic E-state index is 0.708. The molecule has 2 aliphatic rings. The van der Waals surface area contributed by atoms with E-state index in [1.54, 1.807) is 0 Å². The Morgan fingerprint density at radius 3 is 2.46 bits per heavy atom. The first-order valence-electron chi connectivity index (χ1n) is 9.85. The maximum atomic E-state index is 5.98. The minimum atomic E-state index is 0.708. The molecule has 0 saturated carbocycles. The smallest absolute Gasteiger partial charge is 0.119 e. The first-order chi connectivity index (χ1) is 11.7. The van der Waals surface area contributed by atoms with Crippen LogP contribution in [0.4, 0.5) is 0 Å². The van der Waals surface area contributed by atoms with E-state index in [1.807, 2.05) is 0 Å². The molecular formula is C21H34N2O. The molecule has 24 heavy (non-hydrogen) atoms. The van der Waals surface area contributed by atoms with Crippen LogP contribution in [0, 0.1) is 5.92 Å². The highest BCUT2D eigenvalue weighted by Crippen LogP contribution is 2.21. The van der Waals surface area contributed by atoms with Crippen LogP contribution in [0.15, 0.2) is 24.3 Å². The lowest BCUT2D eigenvalue weighted by Crippen LogP contribution is -2.37. The fourth-order valence-electron chi connectivity index (χ4n) is 3.99. The summed E-state index contributed by atoms with van der Waals surface area (Å²) in [5.74, 6) is 1.92. The van der Waals surface area contributed by atoms with Gasteiger partial charge in [-0.3, -0.25) is 4.90 Å². The molecule has 2 saturated heterocycles. The van der Waals surface area contributed by atoms with Crippen LogP contribution in [-0.4, -0.2) is 49.1 Å². The Kier molecular flexibility index (Phi) is 6.56. The lowest BCUT2D eigenvalue weighted by atomic mass is 9.99. The van der Waals surface area contributed by atoms with Crippen molar-refractivity contribution in [3.8, 4) is 5.75 Å². The second-order valence-electron chi connectivity index (χ2n) is 7.87. The van der Waals surface area contributed by atoms with Crippen molar-refractivity contribution in [1.29, 1.82) is 0 Å². The maximum absolute atomic E-state index is 5.98. The molecule has 1 aromatic rings. The van der Waals surface area contributed by atoms with Gasteiger partial charge in [-0.05, 0) is 82.4 Å². The molecule has 3 rings (SSSR count). The van der Waals surface area contributed by atoms with Gasteiger partial charge in [0, 0.05) is 12.6 Å². The maximum Gasteiger partial charge on any atom is 0.119 e. The molecule has 0 N–H and O–H groups in total. The van der Waals surface area contributed by atoms with Crippen LogP contribution in [0.25, 0.3) is 0 Å². The van der Waals surface area contributed by atoms with Gasteiger partial charge in [-0.2, -0.15) is 0 Å². The number of likely N-dealkylation sites (tertiary alicyclic amines) is 2. The van der Waals surface area contributed by atoms with Crippen LogP contribution in [0.5, 0.6) is 5.75 Å². The van der Waals surface area contributed by atoms with E-state index < -0.39 is 0 Å². The molecule has 0 radical (unpaired) electrons. The van der Waals surface area contributed by atoms with E-state index in [-0.39, 0.29) is 0 Å². The highest BCUT2D eigenvalue weighted by Gasteiger charge is 2.18. The first kappa shape index (κ1) is 17.8. The predicted molar refractivity (Wildman–Crippen MR) is 100 cm³/mol. The van der Waals surface area contributed by atoms with Crippen molar-refractivity contribution >= 4 is 0 Å². The molecule has 0 amide bonds. The first-order valence-corrected chi connectivity index (χ1v) is 9.85. The van der Waals surface area contributed by atoms with E-state index in [4.69, 9.17) is 4.74 Å². The molecule has 1 atom stereocenters. The summed E-state index contributed by atoms with van der Waals surface area (Å²) < 4.78 is 5.98. The van der Waals surface area contributed by atoms with Gasteiger partial charge < -0.3 is 9.64 Å². The number of hydrogen-bond acceptors (Lipinski definition) is 3. The van der Waals surface area contributed by atoms with Gasteiger partial charge in [0.1, 0.15) is 5.75 Å². The zero-order chi connectivity index (χ0) is 16.8. The molecule has 0 aromatic heterocycles. The van der Waals surface area contributed by atoms with E-state index in [1.165, 1.54) is 57.3 Å². The fraction of sp³-hybridized carbons (Fsp3) is 0.714. The van der Waals surface area contributed by atoms with Gasteiger partial charge in [0.2, 0.25) is 0 Å². The monoisotopic (exact) mass is 330 g/mol. The molecule has 1 aromatic carbocycles. The number of nitrogens with zero attached hydrogens (tertiary/aromatic N) is 2. The van der Waals surface area contributed by atoms with Crippen LogP contribution in [0.3, 0.4) is 0 Å². The van der Waals surface area contributed by atoms with Gasteiger partial charge in [-0.25, -0.2) is 0 Å². The summed E-state index contributed by atoms with van der Waals surface area (Å²) in [6.45, 7) is 8.02. The molecule has 0 spiro atoms. The SMILES string of the molecule is CC1CCN(Cc2ccc(OCCC3CCCCN3C)cc2)CC1. The number of benzene rings is 1. The Bertz CT molecular complexity index is 479. The largest absolute Gasteiger partial charge is 0.494 e. The topological polar surface area (TPSA) is 15.7 Å². The van der Waals surface area contributed by atoms with Crippen molar-refractivity contribution in [2.45, 2.75) is 58.0 Å². The molecule has 134 valence electrons. The Hall–Kier alpha value is -1.06. The predicted octanol–water partition coefficient (Wildman–Crippen LogP) is 4.17. The second kappa shape index (κ2) is 8.87. The summed E-state index contributed by atoms with van der Waals surface area (Å²) in [5, 5.41) is 0. The van der Waals surface area contributed by atoms with Gasteiger partial charge in [-0.1, -0.05) is 25.5 Å². The van der Waals surface area contributed by atoms with Gasteiger partial charge >= 0.3 is 0 Å². The van der Waals surface area contributed by atoms with Gasteiger partial charge in [0.05, 0.1) is 6.61 Å². The normalized spacial score (nSPS) is 24.2. The van der Waals surface area contributed by atoms with Crippen LogP contribution in [0.2, 0.25) is 0 Å². The number of rotatable bonds is 6. The fourth-order valence-corrected chi connectivity index (χ4v) is 3.99. The molecular weight excluding hydrogens is 296 g/mol. The molecule has 1 unspecified atom stereocenters. The standard InChI is InChI=1S/C21H34N2O/c1-18-10-14-23(15-11-18)17-19-6-8-21(9-7-19)24-16-12-20-5-3-4-13-22(20)2/h6-9,18,20H,3-5,10-17H2,1-2H3. The Balaban J connectivity index is 1.39. The van der Waals surface area contributed by atoms with Crippen LogP contribution >= 0.6 is 0 Å². The molecule has 2 heterocycles. The number of piperidine rings is 2. The zero-order valence-electron chi connectivity index (χ0n) is 15.5. The summed E-state index contributed by atoms with van der Waals surface area (Å²) in [6, 6.07) is 9.47. The summed E-state index contributed by atoms with van der Waals surface area (Å²) in [5.41, 5.74) is 1.41. The molecule has 0 bridgehead atoms. The molecule has 2 fully saturated rings. The Morgan fingerprint density at radius 1 is 1.00 bits per heavy atom. The molecule has 0 aliphatic carbocycles. The summed E-state index contributed by atoms with van der Waals surface area (Å²) in [4.78, 5) is 5.07. The number of ether oxygens (including phenoxy) is 1. The average molecular weight is 331 g/mol. The quantitative estimate of drug-likeness (QED) is 0.778. The van der Waals surface area contributed by atoms with E-state index in [0.717, 1.165) is 31.2 Å². The van der Waals surface area contributed by atoms with Crippen LogP contribution < -0.4 is 4.74 Å². The van der Waals surface area contributed by atoms with Crippen LogP contribution in [-0.2, 0) is 6.54 Å². The van der Waals surface area contributed by atoms with Crippen molar-refractivity contribution in [2.75, 3.05) is 33.3 Å². The summed E-state index contributed by atoms with van der Waals surface area (Å²) in [6.07, 6.45) is 7.88. The lowest BCUT2D eigenvalue weighted by molar-refractivity contribution is 0.153. The van der Waals surface area contributed by atoms with E-state index >= 15 is 0 Å². The summed E-state index contributed by atoms with van der Waals surface area (Å²) >= 11 is 0. The van der Waals surface area contributed by atoms with Crippen molar-refractivity contribution in [1.82, 2.24) is 9.80 Å². The van der Waals surface area contributed by atoms with Gasteiger partial charge in [-0.15, -0.1) is 0 Å². The third-order valence-electron chi connectivity index (χ3n) is 5.85. The van der Waals surface area contributed by atoms with E-state index in [0.29, 0.717) is 6.04 Å². The van der Waals surface area contributed by atoms with Crippen molar-refractivity contribution < 1.29 is 4.74 Å². The van der Waals surface area contributed by atoms with Crippen LogP contribution in [0.1, 0.15) is 51.0 Å². The third kappa shape index (κ3) is 5.22. The molecule has 2 aliphatic heterocycles. The summed E-state index contributed by atoms with van der Waals surface area (Å²) in [7, 11) is 2.25. The Labute approximate surface area is 148 Å². The zero-order valence-corrected chi connectivity index (χ0v) is 15.5. The third-order valence-corrected chi connectivity index (χ3v) is 5.85. The van der Waals surface area contributed by atoms with Gasteiger partial charge in [0.25, 0.3) is 0 Å². The average Bonchev–Trinajstić information content (AvgIpc) is 2.60. The Morgan fingerprint density at radius 2 is 1.75 bits per heavy atom.